The number of ether oxygens (including phenoxy) is 6. The SMILES string of the molecule is CCC1(c2ccccc2)C(=O)NC(=O)NC1=O.CCCCCOC(CN1C(=O)N(CC(COCCCC)OC(N)=O)C(=O)C(CC)(c2ccccc2)C1=O)OC(N)=O.CCCCOCC(CN1C(=O)NC(=O)C(CC)(c2ccccc2)C1=O)OC(N)=O. The number of carbonyl (C=O) groups excluding carboxylic acids is 12. The summed E-state index contributed by atoms with van der Waals surface area (Å²) in [6.45, 7) is 10.7. The zero-order chi connectivity index (χ0) is 64.3. The number of hydrogen-bond donors (Lipinski definition) is 6. The second-order valence-corrected chi connectivity index (χ2v) is 20.3. The molecule has 0 bridgehead atoms. The zero-order valence-electron chi connectivity index (χ0n) is 50.0. The van der Waals surface area contributed by atoms with Crippen molar-refractivity contribution >= 4 is 71.8 Å². The molecule has 5 unspecified atom stereocenters. The van der Waals surface area contributed by atoms with E-state index in [0.717, 1.165) is 53.2 Å². The Bertz CT molecular complexity index is 2790. The Labute approximate surface area is 504 Å². The van der Waals surface area contributed by atoms with E-state index in [-0.39, 0.29) is 39.2 Å². The molecule has 0 radical (unpaired) electrons. The molecule has 5 atom stereocenters. The van der Waals surface area contributed by atoms with Crippen LogP contribution in [0.5, 0.6) is 0 Å². The van der Waals surface area contributed by atoms with E-state index in [9.17, 15) is 57.5 Å². The van der Waals surface area contributed by atoms with Crippen LogP contribution in [0.15, 0.2) is 91.0 Å². The van der Waals surface area contributed by atoms with Gasteiger partial charge in [-0.3, -0.25) is 59.4 Å². The highest BCUT2D eigenvalue weighted by Gasteiger charge is 2.59. The minimum atomic E-state index is -1.80. The molecular weight excluding hydrogens is 1130 g/mol. The topological polar surface area (TPSA) is 384 Å². The van der Waals surface area contributed by atoms with Gasteiger partial charge in [0.15, 0.2) is 16.2 Å². The number of rotatable bonds is 30. The second-order valence-electron chi connectivity index (χ2n) is 20.3. The van der Waals surface area contributed by atoms with Gasteiger partial charge in [-0.2, -0.15) is 0 Å². The average molecular weight is 1220 g/mol. The normalized spacial score (nSPS) is 19.2. The molecule has 6 rings (SSSR count). The molecule has 3 saturated heterocycles. The molecule has 0 saturated carbocycles. The molecule has 474 valence electrons. The third kappa shape index (κ3) is 17.9. The number of hydrogen-bond acceptors (Lipinski definition) is 18. The molecule has 0 aromatic heterocycles. The molecule has 0 aliphatic carbocycles. The number of urea groups is 3. The van der Waals surface area contributed by atoms with Crippen LogP contribution >= 0.6 is 0 Å². The fraction of sp³-hybridized carbons (Fsp3) is 0.500. The maximum absolute atomic E-state index is 14.1. The standard InChI is InChI=1S/C28H42N4O9.C20H27N3O6.C12H12N2O3/c1-4-7-12-16-39-22(41-26(30)36)18-32-24(34)28(6-3,20-13-10-9-11-14-20)23(33)31(27(32)37)17-21(40-25(29)35)19-38-15-8-5-2;1-3-5-11-28-13-15(29-18(21)26)12-23-17(25)20(4-2,16(24)22-19(23)27)14-9-7-6-8-10-14;1-2-12(8-6-4-3-5-7-8)9(15)13-11(17)14-10(12)16/h9-11,13-14,21-22H,4-8,12,15-19H2,1-3H3,(H2,29,35)(H2,30,36);6-10,15H,3-5,11-13H2,1-2H3,(H2,21,26)(H,22,24,27);3-7H,2H2,1H3,(H2,13,14,15,16,17). The molecule has 0 spiro atoms. The molecule has 3 aromatic rings. The van der Waals surface area contributed by atoms with E-state index in [1.165, 1.54) is 0 Å². The molecule has 3 aliphatic heterocycles. The Balaban J connectivity index is 0.000000304. The minimum absolute atomic E-state index is 0.00199. The minimum Gasteiger partial charge on any atom is -0.442 e. The Morgan fingerprint density at radius 2 is 0.828 bits per heavy atom. The quantitative estimate of drug-likeness (QED) is 0.0210. The van der Waals surface area contributed by atoms with E-state index in [1.54, 1.807) is 112 Å². The molecule has 87 heavy (non-hydrogen) atoms. The van der Waals surface area contributed by atoms with Crippen molar-refractivity contribution in [3.8, 4) is 0 Å². The molecule has 3 aromatic carbocycles. The lowest BCUT2D eigenvalue weighted by Crippen LogP contribution is -2.69. The van der Waals surface area contributed by atoms with Crippen molar-refractivity contribution in [2.45, 2.75) is 140 Å². The Morgan fingerprint density at radius 3 is 1.24 bits per heavy atom. The van der Waals surface area contributed by atoms with Gasteiger partial charge in [-0.25, -0.2) is 28.8 Å². The lowest BCUT2D eigenvalue weighted by molar-refractivity contribution is -0.160. The molecular formula is C60H81N9O18. The number of unbranched alkanes of at least 4 members (excludes halogenated alkanes) is 4. The predicted octanol–water partition coefficient (Wildman–Crippen LogP) is 5.43. The lowest BCUT2D eigenvalue weighted by Gasteiger charge is -2.45. The highest BCUT2D eigenvalue weighted by atomic mass is 16.7. The van der Waals surface area contributed by atoms with Crippen molar-refractivity contribution in [2.75, 3.05) is 52.7 Å². The number of benzene rings is 3. The Hall–Kier alpha value is -8.82. The van der Waals surface area contributed by atoms with Gasteiger partial charge in [-0.05, 0) is 55.2 Å². The van der Waals surface area contributed by atoms with E-state index in [1.807, 2.05) is 20.8 Å². The van der Waals surface area contributed by atoms with Crippen molar-refractivity contribution in [1.29, 1.82) is 0 Å². The van der Waals surface area contributed by atoms with Gasteiger partial charge in [0.25, 0.3) is 17.7 Å². The van der Waals surface area contributed by atoms with E-state index in [2.05, 4.69) is 16.0 Å². The average Bonchev–Trinajstić information content (AvgIpc) is 0.801. The van der Waals surface area contributed by atoms with E-state index in [4.69, 9.17) is 45.6 Å². The first-order valence-corrected chi connectivity index (χ1v) is 28.9. The number of primary amides is 3. The zero-order valence-corrected chi connectivity index (χ0v) is 50.0. The Morgan fingerprint density at radius 1 is 0.448 bits per heavy atom. The summed E-state index contributed by atoms with van der Waals surface area (Å²) in [5.74, 6) is -4.09. The predicted molar refractivity (Wildman–Crippen MR) is 311 cm³/mol. The van der Waals surface area contributed by atoms with E-state index < -0.39 is 120 Å². The van der Waals surface area contributed by atoms with Crippen LogP contribution in [0.25, 0.3) is 0 Å². The highest BCUT2D eigenvalue weighted by Crippen LogP contribution is 2.38. The third-order valence-electron chi connectivity index (χ3n) is 14.6. The van der Waals surface area contributed by atoms with E-state index >= 15 is 0 Å². The first kappa shape index (κ1) is 70.7. The number of nitrogens with zero attached hydrogens (tertiary/aromatic N) is 3. The van der Waals surface area contributed by atoms with Crippen molar-refractivity contribution in [1.82, 2.24) is 30.7 Å². The van der Waals surface area contributed by atoms with Crippen molar-refractivity contribution < 1.29 is 86.0 Å². The van der Waals surface area contributed by atoms with Crippen LogP contribution in [0.4, 0.5) is 28.8 Å². The summed E-state index contributed by atoms with van der Waals surface area (Å²) in [6, 6.07) is 23.0. The summed E-state index contributed by atoms with van der Waals surface area (Å²) in [4.78, 5) is 152. The Kier molecular flexibility index (Phi) is 27.9. The molecule has 27 heteroatoms. The smallest absolute Gasteiger partial charge is 0.406 e. The van der Waals surface area contributed by atoms with Gasteiger partial charge in [-0.1, -0.05) is 158 Å². The number of imide groups is 6. The van der Waals surface area contributed by atoms with Gasteiger partial charge < -0.3 is 45.6 Å². The van der Waals surface area contributed by atoms with Crippen LogP contribution in [0.1, 0.15) is 122 Å². The number of carbonyl (C=O) groups is 12. The molecule has 3 aliphatic rings. The van der Waals surface area contributed by atoms with Crippen LogP contribution < -0.4 is 33.2 Å². The number of barbiturate groups is 3. The molecule has 3 fully saturated rings. The molecule has 9 N–H and O–H groups in total. The fourth-order valence-electron chi connectivity index (χ4n) is 9.96. The first-order valence-electron chi connectivity index (χ1n) is 28.9. The maximum Gasteiger partial charge on any atom is 0.406 e. The maximum atomic E-state index is 14.1. The summed E-state index contributed by atoms with van der Waals surface area (Å²) in [5, 5.41) is 6.53. The molecule has 27 nitrogen and oxygen atoms in total. The van der Waals surface area contributed by atoms with Crippen molar-refractivity contribution in [3.63, 3.8) is 0 Å². The van der Waals surface area contributed by atoms with Crippen LogP contribution in [0.2, 0.25) is 0 Å². The fourth-order valence-corrected chi connectivity index (χ4v) is 9.96. The van der Waals surface area contributed by atoms with Gasteiger partial charge in [0.05, 0.1) is 39.5 Å². The van der Waals surface area contributed by atoms with Crippen LogP contribution in [-0.2, 0) is 73.4 Å². The van der Waals surface area contributed by atoms with Crippen LogP contribution in [-0.4, -0.2) is 158 Å². The van der Waals surface area contributed by atoms with Crippen LogP contribution in [0, 0.1) is 0 Å². The summed E-state index contributed by atoms with van der Waals surface area (Å²) < 4.78 is 32.0. The van der Waals surface area contributed by atoms with Gasteiger partial charge in [0.2, 0.25) is 24.0 Å². The van der Waals surface area contributed by atoms with Gasteiger partial charge in [0.1, 0.15) is 12.2 Å². The summed E-state index contributed by atoms with van der Waals surface area (Å²) >= 11 is 0. The summed E-state index contributed by atoms with van der Waals surface area (Å²) in [6.07, 6.45) is -0.506. The largest absolute Gasteiger partial charge is 0.442 e. The van der Waals surface area contributed by atoms with Gasteiger partial charge in [-0.15, -0.1) is 0 Å². The van der Waals surface area contributed by atoms with Crippen molar-refractivity contribution in [3.05, 3.63) is 108 Å². The summed E-state index contributed by atoms with van der Waals surface area (Å²) in [5.41, 5.74) is 12.4. The van der Waals surface area contributed by atoms with Crippen LogP contribution in [0.3, 0.4) is 0 Å². The molecule has 3 heterocycles. The number of nitrogens with two attached hydrogens (primary N) is 3. The lowest BCUT2D eigenvalue weighted by atomic mass is 9.74. The molecule has 15 amide bonds. The van der Waals surface area contributed by atoms with Crippen molar-refractivity contribution in [2.24, 2.45) is 17.2 Å². The van der Waals surface area contributed by atoms with Gasteiger partial charge in [0, 0.05) is 13.2 Å². The van der Waals surface area contributed by atoms with E-state index in [0.29, 0.717) is 42.7 Å². The third-order valence-corrected chi connectivity index (χ3v) is 14.6. The van der Waals surface area contributed by atoms with Gasteiger partial charge >= 0.3 is 36.4 Å². The summed E-state index contributed by atoms with van der Waals surface area (Å²) in [7, 11) is 0. The second kappa shape index (κ2) is 34.4. The highest BCUT2D eigenvalue weighted by molar-refractivity contribution is 6.24. The monoisotopic (exact) mass is 1220 g/mol. The number of amides is 15. The number of nitrogens with one attached hydrogen (secondary N) is 3. The first-order chi connectivity index (χ1) is 41.6.